The summed E-state index contributed by atoms with van der Waals surface area (Å²) in [4.78, 5) is 13.3. The molecule has 1 aromatic carbocycles. The van der Waals surface area contributed by atoms with E-state index >= 15 is 0 Å². The predicted octanol–water partition coefficient (Wildman–Crippen LogP) is 4.41. The Labute approximate surface area is 129 Å². The number of ether oxygens (including phenoxy) is 1. The molecule has 2 aromatic rings. The zero-order chi connectivity index (χ0) is 14.7. The van der Waals surface area contributed by atoms with Crippen LogP contribution in [0.1, 0.15) is 46.6 Å². The SMILES string of the molecule is CCOC(=O)c1cccc(NC2CCCc3sccc32)c1. The minimum atomic E-state index is -0.263. The van der Waals surface area contributed by atoms with E-state index in [-0.39, 0.29) is 5.97 Å². The second kappa shape index (κ2) is 6.31. The van der Waals surface area contributed by atoms with Crippen molar-refractivity contribution < 1.29 is 9.53 Å². The molecule has 0 saturated carbocycles. The van der Waals surface area contributed by atoms with Crippen molar-refractivity contribution in [3.05, 3.63) is 51.7 Å². The molecule has 0 saturated heterocycles. The molecular weight excluding hydrogens is 282 g/mol. The van der Waals surface area contributed by atoms with Gasteiger partial charge in [0.25, 0.3) is 0 Å². The van der Waals surface area contributed by atoms with Crippen molar-refractivity contribution in [1.29, 1.82) is 0 Å². The molecule has 0 aliphatic heterocycles. The molecule has 3 rings (SSSR count). The van der Waals surface area contributed by atoms with Gasteiger partial charge in [-0.15, -0.1) is 11.3 Å². The number of hydrogen-bond donors (Lipinski definition) is 1. The number of aryl methyl sites for hydroxylation is 1. The van der Waals surface area contributed by atoms with Crippen LogP contribution in [0.2, 0.25) is 0 Å². The van der Waals surface area contributed by atoms with Crippen molar-refractivity contribution in [2.75, 3.05) is 11.9 Å². The van der Waals surface area contributed by atoms with E-state index in [1.165, 1.54) is 23.3 Å². The second-order valence-corrected chi connectivity index (χ2v) is 6.19. The van der Waals surface area contributed by atoms with Crippen molar-refractivity contribution in [1.82, 2.24) is 0 Å². The van der Waals surface area contributed by atoms with Gasteiger partial charge in [-0.1, -0.05) is 6.07 Å². The largest absolute Gasteiger partial charge is 0.462 e. The van der Waals surface area contributed by atoms with Crippen LogP contribution in [0.15, 0.2) is 35.7 Å². The number of esters is 1. The maximum atomic E-state index is 11.8. The van der Waals surface area contributed by atoms with Crippen LogP contribution in [0.5, 0.6) is 0 Å². The van der Waals surface area contributed by atoms with Crippen molar-refractivity contribution in [2.24, 2.45) is 0 Å². The van der Waals surface area contributed by atoms with Gasteiger partial charge in [-0.25, -0.2) is 4.79 Å². The quantitative estimate of drug-likeness (QED) is 0.850. The molecule has 21 heavy (non-hydrogen) atoms. The summed E-state index contributed by atoms with van der Waals surface area (Å²) in [6.07, 6.45) is 3.53. The predicted molar refractivity (Wildman–Crippen MR) is 86.0 cm³/mol. The zero-order valence-electron chi connectivity index (χ0n) is 12.1. The molecule has 0 amide bonds. The van der Waals surface area contributed by atoms with Crippen molar-refractivity contribution in [2.45, 2.75) is 32.2 Å². The van der Waals surface area contributed by atoms with E-state index in [1.54, 1.807) is 6.07 Å². The van der Waals surface area contributed by atoms with Crippen molar-refractivity contribution >= 4 is 23.0 Å². The first-order chi connectivity index (χ1) is 10.3. The Morgan fingerprint density at radius 2 is 2.33 bits per heavy atom. The lowest BCUT2D eigenvalue weighted by Crippen LogP contribution is -2.16. The number of thiophene rings is 1. The molecule has 1 heterocycles. The second-order valence-electron chi connectivity index (χ2n) is 5.19. The van der Waals surface area contributed by atoms with E-state index in [1.807, 2.05) is 36.5 Å². The molecule has 1 N–H and O–H groups in total. The van der Waals surface area contributed by atoms with Crippen LogP contribution in [0.25, 0.3) is 0 Å². The third-order valence-electron chi connectivity index (χ3n) is 3.77. The molecular formula is C17H19NO2S. The molecule has 0 bridgehead atoms. The standard InChI is InChI=1S/C17H19NO2S/c1-2-20-17(19)12-5-3-6-13(11-12)18-15-7-4-8-16-14(15)9-10-21-16/h3,5-6,9-11,15,18H,2,4,7-8H2,1H3. The highest BCUT2D eigenvalue weighted by molar-refractivity contribution is 7.10. The Morgan fingerprint density at radius 3 is 3.19 bits per heavy atom. The summed E-state index contributed by atoms with van der Waals surface area (Å²) in [5.41, 5.74) is 2.99. The van der Waals surface area contributed by atoms with Gasteiger partial charge in [0.2, 0.25) is 0 Å². The molecule has 1 aromatic heterocycles. The van der Waals surface area contributed by atoms with E-state index in [4.69, 9.17) is 4.74 Å². The smallest absolute Gasteiger partial charge is 0.338 e. The van der Waals surface area contributed by atoms with Crippen LogP contribution in [0, 0.1) is 0 Å². The molecule has 1 atom stereocenters. The van der Waals surface area contributed by atoms with Gasteiger partial charge in [0, 0.05) is 10.6 Å². The third-order valence-corrected chi connectivity index (χ3v) is 4.76. The fraction of sp³-hybridized carbons (Fsp3) is 0.353. The Hall–Kier alpha value is -1.81. The number of benzene rings is 1. The average Bonchev–Trinajstić information content (AvgIpc) is 2.97. The van der Waals surface area contributed by atoms with Gasteiger partial charge in [0.05, 0.1) is 18.2 Å². The third kappa shape index (κ3) is 3.10. The zero-order valence-corrected chi connectivity index (χ0v) is 12.9. The number of fused-ring (bicyclic) bond motifs is 1. The van der Waals surface area contributed by atoms with Gasteiger partial charge in [0.1, 0.15) is 0 Å². The number of hydrogen-bond acceptors (Lipinski definition) is 4. The molecule has 0 fully saturated rings. The first kappa shape index (κ1) is 14.1. The average molecular weight is 301 g/mol. The molecule has 0 spiro atoms. The summed E-state index contributed by atoms with van der Waals surface area (Å²) >= 11 is 1.84. The highest BCUT2D eigenvalue weighted by Crippen LogP contribution is 2.35. The van der Waals surface area contributed by atoms with Crippen LogP contribution in [-0.2, 0) is 11.2 Å². The lowest BCUT2D eigenvalue weighted by atomic mass is 9.94. The Kier molecular flexibility index (Phi) is 4.25. The lowest BCUT2D eigenvalue weighted by Gasteiger charge is -2.24. The van der Waals surface area contributed by atoms with Gasteiger partial charge >= 0.3 is 5.97 Å². The summed E-state index contributed by atoms with van der Waals surface area (Å²) in [6, 6.07) is 10.1. The monoisotopic (exact) mass is 301 g/mol. The minimum absolute atomic E-state index is 0.263. The highest BCUT2D eigenvalue weighted by Gasteiger charge is 2.21. The number of carbonyl (C=O) groups is 1. The topological polar surface area (TPSA) is 38.3 Å². The van der Waals surface area contributed by atoms with Crippen molar-refractivity contribution in [3.63, 3.8) is 0 Å². The van der Waals surface area contributed by atoms with E-state index in [2.05, 4.69) is 16.8 Å². The molecule has 1 unspecified atom stereocenters. The summed E-state index contributed by atoms with van der Waals surface area (Å²) in [7, 11) is 0. The molecule has 110 valence electrons. The first-order valence-corrected chi connectivity index (χ1v) is 8.26. The van der Waals surface area contributed by atoms with Crippen molar-refractivity contribution in [3.8, 4) is 0 Å². The molecule has 1 aliphatic rings. The first-order valence-electron chi connectivity index (χ1n) is 7.38. The Balaban J connectivity index is 1.77. The summed E-state index contributed by atoms with van der Waals surface area (Å²) in [6.45, 7) is 2.22. The van der Waals surface area contributed by atoms with E-state index in [9.17, 15) is 4.79 Å². The van der Waals surface area contributed by atoms with Crippen LogP contribution >= 0.6 is 11.3 Å². The van der Waals surface area contributed by atoms with E-state index in [0.29, 0.717) is 18.2 Å². The summed E-state index contributed by atoms with van der Waals surface area (Å²) in [5.74, 6) is -0.263. The Bertz CT molecular complexity index is 635. The normalized spacial score (nSPS) is 17.1. The van der Waals surface area contributed by atoms with Gasteiger partial charge in [0.15, 0.2) is 0 Å². The summed E-state index contributed by atoms with van der Waals surface area (Å²) < 4.78 is 5.05. The fourth-order valence-electron chi connectivity index (χ4n) is 2.79. The number of nitrogens with one attached hydrogen (secondary N) is 1. The maximum Gasteiger partial charge on any atom is 0.338 e. The minimum Gasteiger partial charge on any atom is -0.462 e. The summed E-state index contributed by atoms with van der Waals surface area (Å²) in [5, 5.41) is 5.73. The maximum absolute atomic E-state index is 11.8. The van der Waals surface area contributed by atoms with Crippen LogP contribution < -0.4 is 5.32 Å². The van der Waals surface area contributed by atoms with E-state index in [0.717, 1.165) is 12.1 Å². The van der Waals surface area contributed by atoms with Crippen LogP contribution in [-0.4, -0.2) is 12.6 Å². The van der Waals surface area contributed by atoms with Crippen LogP contribution in [0.4, 0.5) is 5.69 Å². The fourth-order valence-corrected chi connectivity index (χ4v) is 3.78. The van der Waals surface area contributed by atoms with Gasteiger partial charge in [-0.2, -0.15) is 0 Å². The van der Waals surface area contributed by atoms with E-state index < -0.39 is 0 Å². The molecule has 0 radical (unpaired) electrons. The molecule has 1 aliphatic carbocycles. The van der Waals surface area contributed by atoms with Gasteiger partial charge in [-0.05, 0) is 61.4 Å². The van der Waals surface area contributed by atoms with Crippen LogP contribution in [0.3, 0.4) is 0 Å². The molecule has 4 heteroatoms. The number of carbonyl (C=O) groups excluding carboxylic acids is 1. The Morgan fingerprint density at radius 1 is 1.43 bits per heavy atom. The number of anilines is 1. The lowest BCUT2D eigenvalue weighted by molar-refractivity contribution is 0.0526. The van der Waals surface area contributed by atoms with Gasteiger partial charge < -0.3 is 10.1 Å². The molecule has 3 nitrogen and oxygen atoms in total. The van der Waals surface area contributed by atoms with Gasteiger partial charge in [-0.3, -0.25) is 0 Å². The highest BCUT2D eigenvalue weighted by atomic mass is 32.1. The number of rotatable bonds is 4.